The molecule has 9 heteroatoms. The second kappa shape index (κ2) is 9.01. The molecule has 1 spiro atoms. The minimum atomic E-state index is -3.53. The summed E-state index contributed by atoms with van der Waals surface area (Å²) in [5.41, 5.74) is -0.217. The third-order valence-corrected chi connectivity index (χ3v) is 9.89. The molecule has 1 aromatic heterocycles. The molecule has 1 saturated carbocycles. The largest absolute Gasteiger partial charge is 0.379 e. The van der Waals surface area contributed by atoms with Crippen molar-refractivity contribution in [1.29, 1.82) is 0 Å². The number of nitrogens with one attached hydrogen (secondary N) is 1. The molecule has 3 aliphatic rings. The van der Waals surface area contributed by atoms with E-state index in [1.165, 1.54) is 17.8 Å². The molecular formula is C20H31N3O4S2. The van der Waals surface area contributed by atoms with Crippen LogP contribution in [-0.2, 0) is 19.6 Å². The first-order valence-corrected chi connectivity index (χ1v) is 12.9. The van der Waals surface area contributed by atoms with Crippen LogP contribution in [0, 0.1) is 11.3 Å². The fourth-order valence-corrected chi connectivity index (χ4v) is 7.75. The van der Waals surface area contributed by atoms with Crippen LogP contribution >= 0.6 is 11.3 Å². The van der Waals surface area contributed by atoms with Crippen LogP contribution in [0.3, 0.4) is 0 Å². The maximum Gasteiger partial charge on any atom is 0.252 e. The summed E-state index contributed by atoms with van der Waals surface area (Å²) < 4.78 is 33.5. The van der Waals surface area contributed by atoms with Crippen molar-refractivity contribution in [2.24, 2.45) is 11.3 Å². The first kappa shape index (κ1) is 21.2. The zero-order chi connectivity index (χ0) is 20.3. The van der Waals surface area contributed by atoms with Gasteiger partial charge in [0, 0.05) is 39.3 Å². The highest BCUT2D eigenvalue weighted by atomic mass is 32.2. The topological polar surface area (TPSA) is 79.0 Å². The molecule has 1 unspecified atom stereocenters. The first-order valence-electron chi connectivity index (χ1n) is 10.6. The van der Waals surface area contributed by atoms with Gasteiger partial charge >= 0.3 is 0 Å². The highest BCUT2D eigenvalue weighted by Crippen LogP contribution is 2.49. The lowest BCUT2D eigenvalue weighted by Crippen LogP contribution is -2.46. The van der Waals surface area contributed by atoms with Crippen LogP contribution in [0.5, 0.6) is 0 Å². The standard InChI is InChI=1S/C20H31N3O4S2/c24-19(21-8-9-22-10-12-27-13-11-22)17-15-23(16-20(17)6-2-1-3-7-20)29(25,26)18-5-4-14-28-18/h4-5,14,17H,1-3,6-13,15-16H2,(H,21,24). The molecule has 1 atom stereocenters. The monoisotopic (exact) mass is 441 g/mol. The number of rotatable bonds is 6. The summed E-state index contributed by atoms with van der Waals surface area (Å²) in [6.07, 6.45) is 5.19. The van der Waals surface area contributed by atoms with E-state index >= 15 is 0 Å². The molecule has 1 aliphatic carbocycles. The Balaban J connectivity index is 1.44. The van der Waals surface area contributed by atoms with Crippen LogP contribution in [0.25, 0.3) is 0 Å². The Labute approximate surface area is 177 Å². The average Bonchev–Trinajstić information content (AvgIpc) is 3.39. The van der Waals surface area contributed by atoms with Gasteiger partial charge in [-0.25, -0.2) is 8.42 Å². The summed E-state index contributed by atoms with van der Waals surface area (Å²) in [4.78, 5) is 15.4. The van der Waals surface area contributed by atoms with Crippen molar-refractivity contribution in [2.45, 2.75) is 36.3 Å². The Kier molecular flexibility index (Phi) is 6.60. The average molecular weight is 442 g/mol. The molecule has 1 amide bonds. The van der Waals surface area contributed by atoms with E-state index < -0.39 is 10.0 Å². The Morgan fingerprint density at radius 2 is 2.00 bits per heavy atom. The van der Waals surface area contributed by atoms with Crippen LogP contribution in [0.2, 0.25) is 0 Å². The lowest BCUT2D eigenvalue weighted by Gasteiger charge is -2.37. The van der Waals surface area contributed by atoms with Crippen molar-refractivity contribution in [3.05, 3.63) is 17.5 Å². The van der Waals surface area contributed by atoms with Gasteiger partial charge in [0.1, 0.15) is 4.21 Å². The van der Waals surface area contributed by atoms with Crippen molar-refractivity contribution < 1.29 is 17.9 Å². The van der Waals surface area contributed by atoms with Crippen molar-refractivity contribution in [1.82, 2.24) is 14.5 Å². The number of carbonyl (C=O) groups is 1. The van der Waals surface area contributed by atoms with Gasteiger partial charge in [0.25, 0.3) is 10.0 Å². The smallest absolute Gasteiger partial charge is 0.252 e. The Hall–Kier alpha value is -1.00. The fourth-order valence-electron chi connectivity index (χ4n) is 5.05. The van der Waals surface area contributed by atoms with Gasteiger partial charge in [-0.15, -0.1) is 11.3 Å². The number of carbonyl (C=O) groups excluding carboxylic acids is 1. The fraction of sp³-hybridized carbons (Fsp3) is 0.750. The number of morpholine rings is 1. The van der Waals surface area contributed by atoms with Crippen LogP contribution in [0.15, 0.2) is 21.7 Å². The first-order chi connectivity index (χ1) is 14.0. The molecule has 162 valence electrons. The predicted octanol–water partition coefficient (Wildman–Crippen LogP) is 1.77. The molecule has 2 saturated heterocycles. The summed E-state index contributed by atoms with van der Waals surface area (Å²) >= 11 is 1.25. The quantitative estimate of drug-likeness (QED) is 0.728. The maximum atomic E-state index is 13.1. The Morgan fingerprint density at radius 1 is 1.24 bits per heavy atom. The summed E-state index contributed by atoms with van der Waals surface area (Å²) in [5, 5.41) is 4.90. The molecule has 29 heavy (non-hydrogen) atoms. The van der Waals surface area contributed by atoms with E-state index in [1.807, 2.05) is 0 Å². The number of amides is 1. The Morgan fingerprint density at radius 3 is 2.69 bits per heavy atom. The van der Waals surface area contributed by atoms with E-state index in [4.69, 9.17) is 4.74 Å². The lowest BCUT2D eigenvalue weighted by atomic mass is 9.67. The molecule has 0 aromatic carbocycles. The van der Waals surface area contributed by atoms with Crippen LogP contribution in [0.1, 0.15) is 32.1 Å². The SMILES string of the molecule is O=C(NCCN1CCOCC1)C1CN(S(=O)(=O)c2cccs2)CC12CCCCC2. The molecule has 7 nitrogen and oxygen atoms in total. The van der Waals surface area contributed by atoms with E-state index in [-0.39, 0.29) is 17.2 Å². The zero-order valence-corrected chi connectivity index (χ0v) is 18.5. The molecular weight excluding hydrogens is 410 g/mol. The minimum absolute atomic E-state index is 0.0176. The van der Waals surface area contributed by atoms with E-state index in [2.05, 4.69) is 10.2 Å². The molecule has 4 rings (SSSR count). The molecule has 1 N–H and O–H groups in total. The van der Waals surface area contributed by atoms with Gasteiger partial charge in [-0.2, -0.15) is 4.31 Å². The number of hydrogen-bond donors (Lipinski definition) is 1. The van der Waals surface area contributed by atoms with Crippen molar-refractivity contribution in [2.75, 3.05) is 52.5 Å². The Bertz CT molecular complexity index is 785. The van der Waals surface area contributed by atoms with Crippen LogP contribution in [-0.4, -0.2) is 76.0 Å². The highest BCUT2D eigenvalue weighted by Gasteiger charge is 2.53. The zero-order valence-electron chi connectivity index (χ0n) is 16.8. The van der Waals surface area contributed by atoms with Gasteiger partial charge in [-0.1, -0.05) is 25.3 Å². The van der Waals surface area contributed by atoms with E-state index in [9.17, 15) is 13.2 Å². The van der Waals surface area contributed by atoms with Crippen LogP contribution < -0.4 is 5.32 Å². The summed E-state index contributed by atoms with van der Waals surface area (Å²) in [7, 11) is -3.53. The third-order valence-electron chi connectivity index (χ3n) is 6.70. The highest BCUT2D eigenvalue weighted by molar-refractivity contribution is 7.91. The van der Waals surface area contributed by atoms with E-state index in [0.717, 1.165) is 58.5 Å². The summed E-state index contributed by atoms with van der Waals surface area (Å²) in [6, 6.07) is 3.42. The van der Waals surface area contributed by atoms with Gasteiger partial charge in [-0.3, -0.25) is 9.69 Å². The molecule has 3 fully saturated rings. The van der Waals surface area contributed by atoms with E-state index in [0.29, 0.717) is 23.8 Å². The molecule has 2 aliphatic heterocycles. The van der Waals surface area contributed by atoms with Gasteiger partial charge in [0.05, 0.1) is 19.1 Å². The van der Waals surface area contributed by atoms with Crippen molar-refractivity contribution >= 4 is 27.3 Å². The third kappa shape index (κ3) is 4.54. The summed E-state index contributed by atoms with van der Waals surface area (Å²) in [6.45, 7) is 5.46. The molecule has 0 radical (unpaired) electrons. The van der Waals surface area contributed by atoms with Gasteiger partial charge < -0.3 is 10.1 Å². The molecule has 3 heterocycles. The van der Waals surface area contributed by atoms with Crippen LogP contribution in [0.4, 0.5) is 0 Å². The molecule has 1 aromatic rings. The van der Waals surface area contributed by atoms with Gasteiger partial charge in [-0.05, 0) is 29.7 Å². The second-order valence-electron chi connectivity index (χ2n) is 8.45. The van der Waals surface area contributed by atoms with Gasteiger partial charge in [0.2, 0.25) is 5.91 Å². The molecule has 0 bridgehead atoms. The van der Waals surface area contributed by atoms with E-state index in [1.54, 1.807) is 21.8 Å². The van der Waals surface area contributed by atoms with Crippen molar-refractivity contribution in [3.63, 3.8) is 0 Å². The number of ether oxygens (including phenoxy) is 1. The number of thiophene rings is 1. The van der Waals surface area contributed by atoms with Crippen molar-refractivity contribution in [3.8, 4) is 0 Å². The minimum Gasteiger partial charge on any atom is -0.379 e. The predicted molar refractivity (Wildman–Crippen MR) is 112 cm³/mol. The second-order valence-corrected chi connectivity index (χ2v) is 11.6. The number of hydrogen-bond acceptors (Lipinski definition) is 6. The number of sulfonamides is 1. The normalized spacial score (nSPS) is 26.0. The van der Waals surface area contributed by atoms with Gasteiger partial charge in [0.15, 0.2) is 0 Å². The maximum absolute atomic E-state index is 13.1. The number of nitrogens with zero attached hydrogens (tertiary/aromatic N) is 2. The lowest BCUT2D eigenvalue weighted by molar-refractivity contribution is -0.128. The summed E-state index contributed by atoms with van der Waals surface area (Å²) in [5.74, 6) is -0.244.